The lowest BCUT2D eigenvalue weighted by Crippen LogP contribution is -1.96. The van der Waals surface area contributed by atoms with Gasteiger partial charge in [-0.25, -0.2) is 4.98 Å². The Morgan fingerprint density at radius 3 is 2.94 bits per heavy atom. The van der Waals surface area contributed by atoms with E-state index in [0.717, 1.165) is 28.0 Å². The average molecular weight is 262 g/mol. The topological polar surface area (TPSA) is 58.5 Å². The van der Waals surface area contributed by atoms with E-state index >= 15 is 0 Å². The normalized spacial score (nSPS) is 11.1. The van der Waals surface area contributed by atoms with Crippen molar-refractivity contribution in [2.24, 2.45) is 7.05 Å². The van der Waals surface area contributed by atoms with Crippen molar-refractivity contribution in [2.75, 3.05) is 12.4 Å². The van der Waals surface area contributed by atoms with E-state index in [1.165, 1.54) is 0 Å². The second-order valence-electron chi connectivity index (χ2n) is 4.03. The molecule has 0 aliphatic rings. The van der Waals surface area contributed by atoms with Crippen LogP contribution < -0.4 is 5.32 Å². The Bertz CT molecular complexity index is 712. The van der Waals surface area contributed by atoms with E-state index in [-0.39, 0.29) is 0 Å². The molecule has 18 heavy (non-hydrogen) atoms. The predicted octanol–water partition coefficient (Wildman–Crippen LogP) is 2.66. The minimum atomic E-state index is 0.652. The molecule has 0 bridgehead atoms. The monoisotopic (exact) mass is 261 g/mol. The molecule has 2 N–H and O–H groups in total. The maximum absolute atomic E-state index is 6.18. The van der Waals surface area contributed by atoms with Gasteiger partial charge in [0.2, 0.25) is 0 Å². The van der Waals surface area contributed by atoms with Gasteiger partial charge in [-0.3, -0.25) is 4.68 Å². The standard InChI is InChI=1S/C12H12ClN5/c1-14-11-7(9-3-4-18(2)17-9)5-15-12-10(11)8(13)6-16-12/h3-6H,1-2H3,(H2,14,15,16). The minimum absolute atomic E-state index is 0.652. The molecule has 3 heterocycles. The van der Waals surface area contributed by atoms with Crippen molar-refractivity contribution in [1.29, 1.82) is 0 Å². The van der Waals surface area contributed by atoms with Gasteiger partial charge in [0, 0.05) is 38.2 Å². The Balaban J connectivity index is 2.32. The van der Waals surface area contributed by atoms with Gasteiger partial charge < -0.3 is 10.3 Å². The van der Waals surface area contributed by atoms with Crippen LogP contribution in [0.1, 0.15) is 0 Å². The Hall–Kier alpha value is -2.01. The zero-order chi connectivity index (χ0) is 12.7. The molecule has 0 aliphatic carbocycles. The van der Waals surface area contributed by atoms with Crippen LogP contribution in [0.2, 0.25) is 5.02 Å². The van der Waals surface area contributed by atoms with E-state index in [2.05, 4.69) is 20.4 Å². The summed E-state index contributed by atoms with van der Waals surface area (Å²) in [7, 11) is 3.75. The van der Waals surface area contributed by atoms with Crippen LogP contribution in [0.15, 0.2) is 24.7 Å². The van der Waals surface area contributed by atoms with Crippen molar-refractivity contribution in [1.82, 2.24) is 19.7 Å². The summed E-state index contributed by atoms with van der Waals surface area (Å²) in [5.74, 6) is 0. The molecule has 0 atom stereocenters. The SMILES string of the molecule is CNc1c(-c2ccn(C)n2)cnc2[nH]cc(Cl)c12. The van der Waals surface area contributed by atoms with E-state index in [4.69, 9.17) is 11.6 Å². The lowest BCUT2D eigenvalue weighted by atomic mass is 10.1. The van der Waals surface area contributed by atoms with Gasteiger partial charge in [-0.2, -0.15) is 5.10 Å². The van der Waals surface area contributed by atoms with E-state index < -0.39 is 0 Å². The summed E-state index contributed by atoms with van der Waals surface area (Å²) in [5.41, 5.74) is 3.51. The largest absolute Gasteiger partial charge is 0.387 e. The third-order valence-electron chi connectivity index (χ3n) is 2.89. The molecule has 3 rings (SSSR count). The first-order valence-electron chi connectivity index (χ1n) is 5.54. The molecular weight excluding hydrogens is 250 g/mol. The first kappa shape index (κ1) is 11.1. The number of anilines is 1. The molecule has 3 aromatic heterocycles. The quantitative estimate of drug-likeness (QED) is 0.746. The predicted molar refractivity (Wildman–Crippen MR) is 72.9 cm³/mol. The van der Waals surface area contributed by atoms with Crippen molar-refractivity contribution in [3.8, 4) is 11.3 Å². The number of H-pyrrole nitrogens is 1. The second-order valence-corrected chi connectivity index (χ2v) is 4.44. The molecule has 0 spiro atoms. The van der Waals surface area contributed by atoms with E-state index in [1.54, 1.807) is 17.1 Å². The number of nitrogens with zero attached hydrogens (tertiary/aromatic N) is 3. The number of halogens is 1. The molecule has 0 aliphatic heterocycles. The van der Waals surface area contributed by atoms with Crippen LogP contribution in [0, 0.1) is 0 Å². The molecule has 0 saturated carbocycles. The van der Waals surface area contributed by atoms with Crippen LogP contribution >= 0.6 is 11.6 Å². The van der Waals surface area contributed by atoms with Crippen LogP contribution in [0.4, 0.5) is 5.69 Å². The highest BCUT2D eigenvalue weighted by atomic mass is 35.5. The lowest BCUT2D eigenvalue weighted by molar-refractivity contribution is 0.771. The number of hydrogen-bond acceptors (Lipinski definition) is 3. The highest BCUT2D eigenvalue weighted by Crippen LogP contribution is 2.36. The van der Waals surface area contributed by atoms with Crippen molar-refractivity contribution in [2.45, 2.75) is 0 Å². The molecule has 92 valence electrons. The fraction of sp³-hybridized carbons (Fsp3) is 0.167. The Labute approximate surface area is 109 Å². The van der Waals surface area contributed by atoms with Gasteiger partial charge in [-0.1, -0.05) is 11.6 Å². The molecule has 0 fully saturated rings. The molecular formula is C12H12ClN5. The summed E-state index contributed by atoms with van der Waals surface area (Å²) in [6.45, 7) is 0. The van der Waals surface area contributed by atoms with Crippen LogP contribution in [0.25, 0.3) is 22.3 Å². The maximum Gasteiger partial charge on any atom is 0.140 e. The van der Waals surface area contributed by atoms with E-state index in [0.29, 0.717) is 5.02 Å². The average Bonchev–Trinajstić information content (AvgIpc) is 2.95. The summed E-state index contributed by atoms with van der Waals surface area (Å²) in [6, 6.07) is 1.95. The van der Waals surface area contributed by atoms with Crippen molar-refractivity contribution in [3.05, 3.63) is 29.7 Å². The van der Waals surface area contributed by atoms with Crippen molar-refractivity contribution >= 4 is 28.3 Å². The summed E-state index contributed by atoms with van der Waals surface area (Å²) in [6.07, 6.45) is 5.43. The second kappa shape index (κ2) is 4.03. The number of nitrogens with one attached hydrogen (secondary N) is 2. The molecule has 3 aromatic rings. The van der Waals surface area contributed by atoms with Gasteiger partial charge in [0.25, 0.3) is 0 Å². The fourth-order valence-electron chi connectivity index (χ4n) is 2.07. The molecule has 5 nitrogen and oxygen atoms in total. The number of aryl methyl sites for hydroxylation is 1. The summed E-state index contributed by atoms with van der Waals surface area (Å²) < 4.78 is 1.76. The van der Waals surface area contributed by atoms with Gasteiger partial charge in [0.15, 0.2) is 0 Å². The van der Waals surface area contributed by atoms with Gasteiger partial charge in [0.1, 0.15) is 5.65 Å². The molecule has 0 amide bonds. The Morgan fingerprint density at radius 1 is 1.44 bits per heavy atom. The number of aromatic amines is 1. The van der Waals surface area contributed by atoms with Crippen LogP contribution in [-0.4, -0.2) is 26.8 Å². The lowest BCUT2D eigenvalue weighted by Gasteiger charge is -2.08. The van der Waals surface area contributed by atoms with Gasteiger partial charge in [-0.15, -0.1) is 0 Å². The number of rotatable bonds is 2. The molecule has 0 unspecified atom stereocenters. The number of fused-ring (bicyclic) bond motifs is 1. The summed E-state index contributed by atoms with van der Waals surface area (Å²) >= 11 is 6.18. The Kier molecular flexibility index (Phi) is 2.48. The third-order valence-corrected chi connectivity index (χ3v) is 3.19. The van der Waals surface area contributed by atoms with Crippen molar-refractivity contribution < 1.29 is 0 Å². The first-order chi connectivity index (χ1) is 8.70. The zero-order valence-corrected chi connectivity index (χ0v) is 10.8. The van der Waals surface area contributed by atoms with Crippen LogP contribution in [-0.2, 0) is 7.05 Å². The fourth-order valence-corrected chi connectivity index (χ4v) is 2.31. The highest BCUT2D eigenvalue weighted by molar-refractivity contribution is 6.36. The smallest absolute Gasteiger partial charge is 0.140 e. The number of pyridine rings is 1. The summed E-state index contributed by atoms with van der Waals surface area (Å²) in [5, 5.41) is 9.12. The van der Waals surface area contributed by atoms with Crippen molar-refractivity contribution in [3.63, 3.8) is 0 Å². The number of aromatic nitrogens is 4. The molecule has 0 saturated heterocycles. The number of hydrogen-bond donors (Lipinski definition) is 2. The third kappa shape index (κ3) is 1.55. The van der Waals surface area contributed by atoms with Crippen LogP contribution in [0.5, 0.6) is 0 Å². The van der Waals surface area contributed by atoms with Crippen LogP contribution in [0.3, 0.4) is 0 Å². The van der Waals surface area contributed by atoms with E-state index in [1.807, 2.05) is 26.4 Å². The van der Waals surface area contributed by atoms with Gasteiger partial charge in [-0.05, 0) is 6.07 Å². The zero-order valence-electron chi connectivity index (χ0n) is 10.0. The van der Waals surface area contributed by atoms with Gasteiger partial charge in [0.05, 0.1) is 21.8 Å². The molecule has 0 aromatic carbocycles. The maximum atomic E-state index is 6.18. The molecule has 6 heteroatoms. The summed E-state index contributed by atoms with van der Waals surface area (Å²) in [4.78, 5) is 7.40. The van der Waals surface area contributed by atoms with E-state index in [9.17, 15) is 0 Å². The van der Waals surface area contributed by atoms with Gasteiger partial charge >= 0.3 is 0 Å². The Morgan fingerprint density at radius 2 is 2.28 bits per heavy atom. The first-order valence-corrected chi connectivity index (χ1v) is 5.92. The minimum Gasteiger partial charge on any atom is -0.387 e. The highest BCUT2D eigenvalue weighted by Gasteiger charge is 2.14. The molecule has 0 radical (unpaired) electrons.